The van der Waals surface area contributed by atoms with Crippen LogP contribution in [0.15, 0.2) is 0 Å². The summed E-state index contributed by atoms with van der Waals surface area (Å²) in [4.78, 5) is 32.3. The van der Waals surface area contributed by atoms with E-state index < -0.39 is 18.0 Å². The lowest BCUT2D eigenvalue weighted by Gasteiger charge is -2.17. The number of aliphatic carboxylic acids is 1. The molecule has 0 saturated heterocycles. The summed E-state index contributed by atoms with van der Waals surface area (Å²) < 4.78 is 4.97. The molecule has 2 atom stereocenters. The minimum Gasteiger partial charge on any atom is -0.481 e. The van der Waals surface area contributed by atoms with Crippen molar-refractivity contribution in [3.8, 4) is 0 Å². The van der Waals surface area contributed by atoms with Crippen LogP contribution in [-0.2, 0) is 19.1 Å². The monoisotopic (exact) mass is 214 g/mol. The molecule has 0 amide bonds. The normalized spacial score (nSPS) is 25.3. The summed E-state index contributed by atoms with van der Waals surface area (Å²) in [5.74, 6) is -1.40. The van der Waals surface area contributed by atoms with Gasteiger partial charge < -0.3 is 9.84 Å². The molecular weight excluding hydrogens is 200 g/mol. The number of ketones is 1. The maximum absolute atomic E-state index is 11.2. The molecule has 1 rings (SSSR count). The van der Waals surface area contributed by atoms with Gasteiger partial charge >= 0.3 is 11.9 Å². The second kappa shape index (κ2) is 4.91. The van der Waals surface area contributed by atoms with E-state index in [1.54, 1.807) is 0 Å². The van der Waals surface area contributed by atoms with Gasteiger partial charge in [-0.1, -0.05) is 0 Å². The van der Waals surface area contributed by atoms with Gasteiger partial charge in [-0.15, -0.1) is 0 Å². The highest BCUT2D eigenvalue weighted by atomic mass is 16.5. The van der Waals surface area contributed by atoms with Crippen molar-refractivity contribution in [2.45, 2.75) is 38.7 Å². The Morgan fingerprint density at radius 3 is 2.67 bits per heavy atom. The smallest absolute Gasteiger partial charge is 0.303 e. The zero-order valence-electron chi connectivity index (χ0n) is 8.56. The first-order valence-corrected chi connectivity index (χ1v) is 4.89. The molecule has 1 fully saturated rings. The van der Waals surface area contributed by atoms with Gasteiger partial charge in [-0.3, -0.25) is 14.4 Å². The van der Waals surface area contributed by atoms with Gasteiger partial charge in [0, 0.05) is 32.1 Å². The first-order chi connectivity index (χ1) is 6.99. The molecule has 15 heavy (non-hydrogen) atoms. The maximum Gasteiger partial charge on any atom is 0.303 e. The molecule has 5 heteroatoms. The molecule has 84 valence electrons. The lowest BCUT2D eigenvalue weighted by molar-refractivity contribution is -0.148. The number of rotatable bonds is 4. The van der Waals surface area contributed by atoms with Gasteiger partial charge in [0.2, 0.25) is 0 Å². The second-order valence-electron chi connectivity index (χ2n) is 3.79. The number of carboxylic acids is 1. The van der Waals surface area contributed by atoms with E-state index in [0.29, 0.717) is 12.8 Å². The van der Waals surface area contributed by atoms with Crippen LogP contribution in [-0.4, -0.2) is 28.9 Å². The van der Waals surface area contributed by atoms with Crippen LogP contribution in [0.3, 0.4) is 0 Å². The highest BCUT2D eigenvalue weighted by molar-refractivity contribution is 5.82. The zero-order chi connectivity index (χ0) is 11.4. The molecule has 0 aromatic carbocycles. The average molecular weight is 214 g/mol. The predicted octanol–water partition coefficient (Wildman–Crippen LogP) is 0.762. The molecule has 0 aliphatic heterocycles. The van der Waals surface area contributed by atoms with Crippen molar-refractivity contribution in [1.29, 1.82) is 0 Å². The van der Waals surface area contributed by atoms with Crippen molar-refractivity contribution in [2.24, 2.45) is 5.92 Å². The van der Waals surface area contributed by atoms with Crippen LogP contribution in [0.4, 0.5) is 0 Å². The van der Waals surface area contributed by atoms with Gasteiger partial charge in [-0.25, -0.2) is 0 Å². The molecule has 1 saturated carbocycles. The quantitative estimate of drug-likeness (QED) is 0.699. The van der Waals surface area contributed by atoms with E-state index in [9.17, 15) is 14.4 Å². The largest absolute Gasteiger partial charge is 0.481 e. The Kier molecular flexibility index (Phi) is 3.82. The number of hydrogen-bond acceptors (Lipinski definition) is 4. The van der Waals surface area contributed by atoms with Gasteiger partial charge in [0.1, 0.15) is 11.9 Å². The zero-order valence-corrected chi connectivity index (χ0v) is 8.56. The number of Topliss-reactive ketones (excluding diaryl/α,β-unsaturated/α-hetero) is 1. The van der Waals surface area contributed by atoms with E-state index >= 15 is 0 Å². The fraction of sp³-hybridized carbons (Fsp3) is 0.700. The van der Waals surface area contributed by atoms with E-state index in [1.165, 1.54) is 6.92 Å². The molecule has 1 N–H and O–H groups in total. The summed E-state index contributed by atoms with van der Waals surface area (Å²) in [6, 6.07) is 0. The summed E-state index contributed by atoms with van der Waals surface area (Å²) in [5.41, 5.74) is 0. The fourth-order valence-corrected chi connectivity index (χ4v) is 1.85. The standard InChI is InChI=1S/C10H14O5/c1-6(11)15-9-5-8(12)4-7(9)2-3-10(13)14/h7,9H,2-5H2,1H3,(H,13,14). The molecule has 1 aliphatic carbocycles. The number of carboxylic acid groups (broad SMARTS) is 1. The number of esters is 1. The van der Waals surface area contributed by atoms with Crippen molar-refractivity contribution in [2.75, 3.05) is 0 Å². The number of ether oxygens (including phenoxy) is 1. The summed E-state index contributed by atoms with van der Waals surface area (Å²) in [6.07, 6.45) is 0.526. The van der Waals surface area contributed by atoms with Crippen LogP contribution in [0.5, 0.6) is 0 Å². The summed E-state index contributed by atoms with van der Waals surface area (Å²) in [7, 11) is 0. The topological polar surface area (TPSA) is 80.7 Å². The Balaban J connectivity index is 2.48. The van der Waals surface area contributed by atoms with Crippen molar-refractivity contribution in [3.63, 3.8) is 0 Å². The Morgan fingerprint density at radius 2 is 2.13 bits per heavy atom. The van der Waals surface area contributed by atoms with Crippen LogP contribution in [0, 0.1) is 5.92 Å². The molecule has 0 spiro atoms. The predicted molar refractivity (Wildman–Crippen MR) is 50.2 cm³/mol. The van der Waals surface area contributed by atoms with Crippen molar-refractivity contribution in [3.05, 3.63) is 0 Å². The van der Waals surface area contributed by atoms with Crippen LogP contribution in [0.25, 0.3) is 0 Å². The van der Waals surface area contributed by atoms with Gasteiger partial charge in [0.25, 0.3) is 0 Å². The number of hydrogen-bond donors (Lipinski definition) is 1. The summed E-state index contributed by atoms with van der Waals surface area (Å²) in [5, 5.41) is 8.52. The molecule has 2 unspecified atom stereocenters. The van der Waals surface area contributed by atoms with Crippen LogP contribution in [0.1, 0.15) is 32.6 Å². The maximum atomic E-state index is 11.2. The highest BCUT2D eigenvalue weighted by Gasteiger charge is 2.35. The van der Waals surface area contributed by atoms with E-state index in [1.807, 2.05) is 0 Å². The molecule has 0 bridgehead atoms. The minimum absolute atomic E-state index is 0.00963. The third kappa shape index (κ3) is 3.69. The molecule has 1 aliphatic rings. The van der Waals surface area contributed by atoms with Gasteiger partial charge in [-0.05, 0) is 6.42 Å². The van der Waals surface area contributed by atoms with Crippen molar-refractivity contribution in [1.82, 2.24) is 0 Å². The van der Waals surface area contributed by atoms with E-state index in [-0.39, 0.29) is 24.5 Å². The lowest BCUT2D eigenvalue weighted by Crippen LogP contribution is -2.21. The van der Waals surface area contributed by atoms with E-state index in [2.05, 4.69) is 0 Å². The molecule has 0 aromatic heterocycles. The Morgan fingerprint density at radius 1 is 1.47 bits per heavy atom. The van der Waals surface area contributed by atoms with E-state index in [0.717, 1.165) is 0 Å². The van der Waals surface area contributed by atoms with Gasteiger partial charge in [-0.2, -0.15) is 0 Å². The Bertz CT molecular complexity index is 284. The Hall–Kier alpha value is -1.39. The van der Waals surface area contributed by atoms with Crippen LogP contribution >= 0.6 is 0 Å². The molecular formula is C10H14O5. The molecule has 5 nitrogen and oxygen atoms in total. The van der Waals surface area contributed by atoms with Crippen molar-refractivity contribution >= 4 is 17.7 Å². The molecule has 0 heterocycles. The third-order valence-corrected chi connectivity index (χ3v) is 2.49. The first-order valence-electron chi connectivity index (χ1n) is 4.89. The fourth-order valence-electron chi connectivity index (χ4n) is 1.85. The minimum atomic E-state index is -0.893. The Labute approximate surface area is 87.4 Å². The lowest BCUT2D eigenvalue weighted by atomic mass is 9.99. The van der Waals surface area contributed by atoms with Crippen LogP contribution < -0.4 is 0 Å². The number of carbonyl (C=O) groups is 3. The van der Waals surface area contributed by atoms with Gasteiger partial charge in [0.15, 0.2) is 0 Å². The molecule has 0 radical (unpaired) electrons. The highest BCUT2D eigenvalue weighted by Crippen LogP contribution is 2.29. The number of carbonyl (C=O) groups excluding carboxylic acids is 2. The summed E-state index contributed by atoms with van der Waals surface area (Å²) in [6.45, 7) is 1.29. The van der Waals surface area contributed by atoms with E-state index in [4.69, 9.17) is 9.84 Å². The van der Waals surface area contributed by atoms with Crippen molar-refractivity contribution < 1.29 is 24.2 Å². The second-order valence-corrected chi connectivity index (χ2v) is 3.79. The molecule has 0 aromatic rings. The van der Waals surface area contributed by atoms with Gasteiger partial charge in [0.05, 0.1) is 0 Å². The third-order valence-electron chi connectivity index (χ3n) is 2.49. The van der Waals surface area contributed by atoms with Crippen LogP contribution in [0.2, 0.25) is 0 Å². The first kappa shape index (κ1) is 11.7. The summed E-state index contributed by atoms with van der Waals surface area (Å²) >= 11 is 0. The average Bonchev–Trinajstić information content (AvgIpc) is 2.41. The SMILES string of the molecule is CC(=O)OC1CC(=O)CC1CCC(=O)O.